The summed E-state index contributed by atoms with van der Waals surface area (Å²) in [5, 5.41) is 16.5. The molecule has 0 radical (unpaired) electrons. The third-order valence-electron chi connectivity index (χ3n) is 3.45. The van der Waals surface area contributed by atoms with E-state index in [9.17, 15) is 9.50 Å². The second-order valence-corrected chi connectivity index (χ2v) is 5.52. The van der Waals surface area contributed by atoms with E-state index in [-0.39, 0.29) is 11.6 Å². The van der Waals surface area contributed by atoms with Crippen LogP contribution in [0.1, 0.15) is 42.1 Å². The standard InChI is InChI=1S/C14H15ClFN3O2/c15-10-4-3-9(5-11(10)16)12(7-20)17-6-13-18-14(19-21-13)8-1-2-8/h3-5,8,12,17,20H,1-2,6-7H2. The number of hydrogen-bond acceptors (Lipinski definition) is 5. The normalized spacial score (nSPS) is 16.1. The van der Waals surface area contributed by atoms with Crippen LogP contribution in [0.2, 0.25) is 5.02 Å². The highest BCUT2D eigenvalue weighted by molar-refractivity contribution is 6.30. The first-order chi connectivity index (χ1) is 10.2. The van der Waals surface area contributed by atoms with Crippen molar-refractivity contribution in [3.05, 3.63) is 46.3 Å². The van der Waals surface area contributed by atoms with E-state index in [1.807, 2.05) is 0 Å². The number of nitrogens with one attached hydrogen (secondary N) is 1. The summed E-state index contributed by atoms with van der Waals surface area (Å²) in [6.07, 6.45) is 2.21. The number of rotatable bonds is 6. The fraction of sp³-hybridized carbons (Fsp3) is 0.429. The van der Waals surface area contributed by atoms with Gasteiger partial charge in [0.1, 0.15) is 5.82 Å². The summed E-state index contributed by atoms with van der Waals surface area (Å²) < 4.78 is 18.6. The lowest BCUT2D eigenvalue weighted by molar-refractivity contribution is 0.237. The van der Waals surface area contributed by atoms with Gasteiger partial charge in [-0.05, 0) is 30.5 Å². The maximum Gasteiger partial charge on any atom is 0.240 e. The Morgan fingerprint density at radius 2 is 2.29 bits per heavy atom. The van der Waals surface area contributed by atoms with E-state index in [4.69, 9.17) is 16.1 Å². The van der Waals surface area contributed by atoms with Gasteiger partial charge in [0.2, 0.25) is 5.89 Å². The molecule has 1 aromatic heterocycles. The van der Waals surface area contributed by atoms with Crippen LogP contribution in [0.15, 0.2) is 22.7 Å². The zero-order chi connectivity index (χ0) is 14.8. The first kappa shape index (κ1) is 14.4. The van der Waals surface area contributed by atoms with E-state index in [1.165, 1.54) is 12.1 Å². The molecule has 1 fully saturated rings. The quantitative estimate of drug-likeness (QED) is 0.858. The molecule has 1 aliphatic carbocycles. The van der Waals surface area contributed by atoms with Gasteiger partial charge in [-0.25, -0.2) is 4.39 Å². The van der Waals surface area contributed by atoms with Crippen LogP contribution in [0.25, 0.3) is 0 Å². The Morgan fingerprint density at radius 3 is 2.95 bits per heavy atom. The Kier molecular flexibility index (Phi) is 4.19. The first-order valence-electron chi connectivity index (χ1n) is 6.79. The highest BCUT2D eigenvalue weighted by Gasteiger charge is 2.28. The Bertz CT molecular complexity index is 630. The molecule has 0 amide bonds. The average Bonchev–Trinajstić information content (AvgIpc) is 3.23. The van der Waals surface area contributed by atoms with Crippen LogP contribution in [0.5, 0.6) is 0 Å². The van der Waals surface area contributed by atoms with E-state index in [2.05, 4.69) is 15.5 Å². The first-order valence-corrected chi connectivity index (χ1v) is 7.17. The second-order valence-electron chi connectivity index (χ2n) is 5.11. The van der Waals surface area contributed by atoms with Crippen LogP contribution in [-0.2, 0) is 6.54 Å². The van der Waals surface area contributed by atoms with Gasteiger partial charge < -0.3 is 9.63 Å². The van der Waals surface area contributed by atoms with Crippen LogP contribution in [-0.4, -0.2) is 21.9 Å². The molecular formula is C14H15ClFN3O2. The number of aromatic nitrogens is 2. The molecule has 112 valence electrons. The molecule has 1 saturated carbocycles. The Balaban J connectivity index is 1.64. The van der Waals surface area contributed by atoms with Crippen LogP contribution < -0.4 is 5.32 Å². The van der Waals surface area contributed by atoms with E-state index >= 15 is 0 Å². The Morgan fingerprint density at radius 1 is 1.48 bits per heavy atom. The molecule has 2 N–H and O–H groups in total. The summed E-state index contributed by atoms with van der Waals surface area (Å²) in [5.74, 6) is 1.12. The molecular weight excluding hydrogens is 297 g/mol. The van der Waals surface area contributed by atoms with E-state index in [1.54, 1.807) is 6.07 Å². The lowest BCUT2D eigenvalue weighted by Crippen LogP contribution is -2.24. The largest absolute Gasteiger partial charge is 0.394 e. The van der Waals surface area contributed by atoms with Gasteiger partial charge in [0.05, 0.1) is 24.2 Å². The SMILES string of the molecule is OCC(NCc1nc(C2CC2)no1)c1ccc(Cl)c(F)c1. The predicted molar refractivity (Wildman–Crippen MR) is 74.3 cm³/mol. The highest BCUT2D eigenvalue weighted by Crippen LogP contribution is 2.38. The molecule has 0 aliphatic heterocycles. The van der Waals surface area contributed by atoms with Gasteiger partial charge in [0.25, 0.3) is 0 Å². The van der Waals surface area contributed by atoms with Crippen LogP contribution in [0.4, 0.5) is 4.39 Å². The van der Waals surface area contributed by atoms with Crippen molar-refractivity contribution < 1.29 is 14.0 Å². The molecule has 1 aromatic carbocycles. The fourth-order valence-electron chi connectivity index (χ4n) is 2.07. The van der Waals surface area contributed by atoms with Gasteiger partial charge in [0, 0.05) is 5.92 Å². The van der Waals surface area contributed by atoms with Crippen LogP contribution in [0.3, 0.4) is 0 Å². The van der Waals surface area contributed by atoms with E-state index in [0.717, 1.165) is 18.7 Å². The maximum atomic E-state index is 13.5. The topological polar surface area (TPSA) is 71.2 Å². The third kappa shape index (κ3) is 3.40. The van der Waals surface area contributed by atoms with Crippen molar-refractivity contribution >= 4 is 11.6 Å². The van der Waals surface area contributed by atoms with Gasteiger partial charge in [-0.15, -0.1) is 0 Å². The minimum Gasteiger partial charge on any atom is -0.394 e. The van der Waals surface area contributed by atoms with Crippen molar-refractivity contribution in [2.24, 2.45) is 0 Å². The molecule has 1 unspecified atom stereocenters. The summed E-state index contributed by atoms with van der Waals surface area (Å²) in [6.45, 7) is 0.139. The minimum absolute atomic E-state index is 0.0569. The van der Waals surface area contributed by atoms with Crippen LogP contribution >= 0.6 is 11.6 Å². The average molecular weight is 312 g/mol. The van der Waals surface area contributed by atoms with Gasteiger partial charge in [-0.1, -0.05) is 22.8 Å². The molecule has 7 heteroatoms. The molecule has 1 heterocycles. The van der Waals surface area contributed by atoms with Gasteiger partial charge >= 0.3 is 0 Å². The number of aliphatic hydroxyl groups excluding tert-OH is 1. The summed E-state index contributed by atoms with van der Waals surface area (Å²) in [6, 6.07) is 4.02. The van der Waals surface area contributed by atoms with Gasteiger partial charge in [-0.2, -0.15) is 4.98 Å². The zero-order valence-corrected chi connectivity index (χ0v) is 12.0. The molecule has 21 heavy (non-hydrogen) atoms. The number of nitrogens with zero attached hydrogens (tertiary/aromatic N) is 2. The van der Waals surface area contributed by atoms with Crippen molar-refractivity contribution in [3.8, 4) is 0 Å². The number of aliphatic hydroxyl groups is 1. The molecule has 1 atom stereocenters. The van der Waals surface area contributed by atoms with Gasteiger partial charge in [0.15, 0.2) is 5.82 Å². The van der Waals surface area contributed by atoms with E-state index < -0.39 is 11.9 Å². The van der Waals surface area contributed by atoms with Crippen molar-refractivity contribution in [3.63, 3.8) is 0 Å². The molecule has 5 nitrogen and oxygen atoms in total. The lowest BCUT2D eigenvalue weighted by Gasteiger charge is -2.15. The summed E-state index contributed by atoms with van der Waals surface area (Å²) in [7, 11) is 0. The van der Waals surface area contributed by atoms with Crippen molar-refractivity contribution in [2.45, 2.75) is 31.3 Å². The number of hydrogen-bond donors (Lipinski definition) is 2. The molecule has 0 bridgehead atoms. The van der Waals surface area contributed by atoms with Gasteiger partial charge in [-0.3, -0.25) is 5.32 Å². The molecule has 2 aromatic rings. The maximum absolute atomic E-state index is 13.5. The summed E-state index contributed by atoms with van der Waals surface area (Å²) in [4.78, 5) is 4.29. The highest BCUT2D eigenvalue weighted by atomic mass is 35.5. The molecule has 0 saturated heterocycles. The fourth-order valence-corrected chi connectivity index (χ4v) is 2.19. The molecule has 0 spiro atoms. The summed E-state index contributed by atoms with van der Waals surface area (Å²) in [5.41, 5.74) is 0.612. The van der Waals surface area contributed by atoms with E-state index in [0.29, 0.717) is 23.9 Å². The van der Waals surface area contributed by atoms with Crippen molar-refractivity contribution in [2.75, 3.05) is 6.61 Å². The second kappa shape index (κ2) is 6.09. The zero-order valence-electron chi connectivity index (χ0n) is 11.2. The summed E-state index contributed by atoms with van der Waals surface area (Å²) >= 11 is 5.65. The van der Waals surface area contributed by atoms with Crippen LogP contribution in [0, 0.1) is 5.82 Å². The predicted octanol–water partition coefficient (Wildman–Crippen LogP) is 2.56. The Labute approximate surface area is 126 Å². The van der Waals surface area contributed by atoms with Crippen molar-refractivity contribution in [1.29, 1.82) is 0 Å². The smallest absolute Gasteiger partial charge is 0.240 e. The third-order valence-corrected chi connectivity index (χ3v) is 3.76. The number of halogens is 2. The Hall–Kier alpha value is -1.50. The minimum atomic E-state index is -0.511. The number of benzene rings is 1. The monoisotopic (exact) mass is 311 g/mol. The van der Waals surface area contributed by atoms with Crippen molar-refractivity contribution in [1.82, 2.24) is 15.5 Å². The molecule has 1 aliphatic rings. The molecule has 3 rings (SSSR count). The lowest BCUT2D eigenvalue weighted by atomic mass is 10.1.